The van der Waals surface area contributed by atoms with Crippen LogP contribution in [0.5, 0.6) is 0 Å². The number of hydrogen-bond donors (Lipinski definition) is 0. The minimum Gasteiger partial charge on any atom is -0.336 e. The van der Waals surface area contributed by atoms with Gasteiger partial charge in [0, 0.05) is 74.0 Å². The van der Waals surface area contributed by atoms with E-state index in [4.69, 9.17) is 0 Å². The van der Waals surface area contributed by atoms with Crippen LogP contribution < -0.4 is 0 Å². The molecule has 13 rings (SSSR count). The summed E-state index contributed by atoms with van der Waals surface area (Å²) in [6.07, 6.45) is 0. The summed E-state index contributed by atoms with van der Waals surface area (Å²) in [5, 5.41) is 7.65. The van der Waals surface area contributed by atoms with Crippen LogP contribution in [0.15, 0.2) is 237 Å². The summed E-state index contributed by atoms with van der Waals surface area (Å²) in [7, 11) is 0. The van der Waals surface area contributed by atoms with Crippen molar-refractivity contribution in [2.24, 2.45) is 0 Å². The topological polar surface area (TPSA) is 14.8 Å². The van der Waals surface area contributed by atoms with Crippen molar-refractivity contribution < 1.29 is 0 Å². The van der Waals surface area contributed by atoms with Crippen molar-refractivity contribution in [3.8, 4) is 33.4 Å². The van der Waals surface area contributed by atoms with E-state index >= 15 is 0 Å². The summed E-state index contributed by atoms with van der Waals surface area (Å²) in [6, 6.07) is 87.5. The van der Waals surface area contributed by atoms with Gasteiger partial charge in [0.2, 0.25) is 0 Å². The molecule has 10 aromatic carbocycles. The van der Waals surface area contributed by atoms with E-state index in [1.54, 1.807) is 0 Å². The molecule has 3 heteroatoms. The quantitative estimate of drug-likeness (QED) is 0.138. The van der Waals surface area contributed by atoms with E-state index in [1.165, 1.54) is 115 Å². The minimum atomic E-state index is 0.800. The predicted octanol–water partition coefficient (Wildman–Crippen LogP) is 16.2. The molecule has 0 saturated carbocycles. The fourth-order valence-electron chi connectivity index (χ4n) is 10.6. The molecule has 0 fully saturated rings. The monoisotopic (exact) mass is 843 g/mol. The third-order valence-electron chi connectivity index (χ3n) is 13.8. The first kappa shape index (κ1) is 38.1. The van der Waals surface area contributed by atoms with E-state index in [-0.39, 0.29) is 0 Å². The van der Waals surface area contributed by atoms with Gasteiger partial charge < -0.3 is 13.7 Å². The second-order valence-electron chi connectivity index (χ2n) is 17.8. The summed E-state index contributed by atoms with van der Waals surface area (Å²) in [4.78, 5) is 0. The van der Waals surface area contributed by atoms with Gasteiger partial charge in [-0.25, -0.2) is 0 Å². The molecule has 0 atom stereocenters. The Labute approximate surface area is 383 Å². The van der Waals surface area contributed by atoms with Gasteiger partial charge in [-0.15, -0.1) is 0 Å². The van der Waals surface area contributed by atoms with Crippen LogP contribution in [-0.4, -0.2) is 13.7 Å². The highest BCUT2D eigenvalue weighted by Gasteiger charge is 2.18. The van der Waals surface area contributed by atoms with Crippen molar-refractivity contribution >= 4 is 65.4 Å². The third-order valence-corrected chi connectivity index (χ3v) is 13.8. The maximum atomic E-state index is 2.49. The Morgan fingerprint density at radius 3 is 0.924 bits per heavy atom. The van der Waals surface area contributed by atoms with E-state index < -0.39 is 0 Å². The van der Waals surface area contributed by atoms with Crippen LogP contribution in [0.1, 0.15) is 16.7 Å². The lowest BCUT2D eigenvalue weighted by atomic mass is 9.92. The Morgan fingerprint density at radius 2 is 0.500 bits per heavy atom. The lowest BCUT2D eigenvalue weighted by Crippen LogP contribution is -1.99. The Balaban J connectivity index is 1.02. The van der Waals surface area contributed by atoms with Crippen LogP contribution in [0, 0.1) is 0 Å². The van der Waals surface area contributed by atoms with Gasteiger partial charge in [0.25, 0.3) is 0 Å². The number of rotatable bonds is 9. The molecule has 0 N–H and O–H groups in total. The highest BCUT2D eigenvalue weighted by molar-refractivity contribution is 6.12. The Kier molecular flexibility index (Phi) is 9.06. The number of hydrogen-bond acceptors (Lipinski definition) is 0. The van der Waals surface area contributed by atoms with E-state index in [0.29, 0.717) is 0 Å². The van der Waals surface area contributed by atoms with Crippen molar-refractivity contribution in [1.29, 1.82) is 0 Å². The Bertz CT molecular complexity index is 3770. The molecule has 0 aliphatic heterocycles. The average Bonchev–Trinajstić information content (AvgIpc) is 3.99. The number of nitrogens with zero attached hydrogens (tertiary/aromatic N) is 3. The summed E-state index contributed by atoms with van der Waals surface area (Å²) in [5.41, 5.74) is 18.5. The Morgan fingerprint density at radius 1 is 0.197 bits per heavy atom. The van der Waals surface area contributed by atoms with Gasteiger partial charge in [-0.2, -0.15) is 0 Å². The molecule has 0 aliphatic carbocycles. The van der Waals surface area contributed by atoms with Crippen LogP contribution in [0.25, 0.3) is 98.8 Å². The van der Waals surface area contributed by atoms with Crippen LogP contribution in [-0.2, 0) is 19.6 Å². The molecule has 312 valence electrons. The number of benzene rings is 10. The molecule has 0 spiro atoms. The highest BCUT2D eigenvalue weighted by Crippen LogP contribution is 2.40. The molecule has 0 bridgehead atoms. The predicted molar refractivity (Wildman–Crippen MR) is 278 cm³/mol. The number of fused-ring (bicyclic) bond motifs is 9. The molecular weight excluding hydrogens is 799 g/mol. The van der Waals surface area contributed by atoms with Gasteiger partial charge in [0.1, 0.15) is 0 Å². The first-order chi connectivity index (χ1) is 32.7. The Hall–Kier alpha value is -8.40. The zero-order valence-corrected chi connectivity index (χ0v) is 36.5. The van der Waals surface area contributed by atoms with Crippen molar-refractivity contribution in [1.82, 2.24) is 13.7 Å². The van der Waals surface area contributed by atoms with Crippen LogP contribution in [0.4, 0.5) is 0 Å². The van der Waals surface area contributed by atoms with Crippen LogP contribution in [0.3, 0.4) is 0 Å². The van der Waals surface area contributed by atoms with Gasteiger partial charge in [0.05, 0.1) is 11.0 Å². The second kappa shape index (κ2) is 15.7. The molecular formula is C63H45N3. The number of para-hydroxylation sites is 3. The molecule has 0 radical (unpaired) electrons. The third kappa shape index (κ3) is 6.51. The average molecular weight is 844 g/mol. The van der Waals surface area contributed by atoms with Crippen LogP contribution >= 0.6 is 0 Å². The lowest BCUT2D eigenvalue weighted by molar-refractivity contribution is 0.869. The zero-order chi connectivity index (χ0) is 43.6. The van der Waals surface area contributed by atoms with Gasteiger partial charge in [-0.05, 0) is 111 Å². The van der Waals surface area contributed by atoms with Gasteiger partial charge in [-0.3, -0.25) is 0 Å². The molecule has 0 amide bonds. The van der Waals surface area contributed by atoms with E-state index in [0.717, 1.165) is 19.6 Å². The fourth-order valence-corrected chi connectivity index (χ4v) is 10.6. The molecule has 3 heterocycles. The molecule has 66 heavy (non-hydrogen) atoms. The normalized spacial score (nSPS) is 11.8. The summed E-state index contributed by atoms with van der Waals surface area (Å²) in [5.74, 6) is 0. The van der Waals surface area contributed by atoms with E-state index in [1.807, 2.05) is 0 Å². The zero-order valence-electron chi connectivity index (χ0n) is 36.5. The van der Waals surface area contributed by atoms with E-state index in [9.17, 15) is 0 Å². The molecule has 13 aromatic rings. The van der Waals surface area contributed by atoms with Crippen molar-refractivity contribution in [3.63, 3.8) is 0 Å². The van der Waals surface area contributed by atoms with Gasteiger partial charge in [-0.1, -0.05) is 176 Å². The number of aromatic nitrogens is 3. The second-order valence-corrected chi connectivity index (χ2v) is 17.8. The fraction of sp³-hybridized carbons (Fsp3) is 0.0476. The smallest absolute Gasteiger partial charge is 0.0500 e. The van der Waals surface area contributed by atoms with Crippen molar-refractivity contribution in [2.75, 3.05) is 0 Å². The molecule has 3 nitrogen and oxygen atoms in total. The van der Waals surface area contributed by atoms with Gasteiger partial charge >= 0.3 is 0 Å². The lowest BCUT2D eigenvalue weighted by Gasteiger charge is -2.14. The van der Waals surface area contributed by atoms with Gasteiger partial charge in [0.15, 0.2) is 0 Å². The molecule has 0 unspecified atom stereocenters. The summed E-state index contributed by atoms with van der Waals surface area (Å²) in [6.45, 7) is 2.42. The first-order valence-corrected chi connectivity index (χ1v) is 23.0. The van der Waals surface area contributed by atoms with Crippen molar-refractivity contribution in [2.45, 2.75) is 19.6 Å². The molecule has 0 saturated heterocycles. The molecule has 3 aromatic heterocycles. The standard InChI is InChI=1S/C63H45N3/c1-4-16-43(17-5-1)40-64-60-27-15-12-24-54(60)57-37-46(30-33-61(57)64)49-34-50(47-28-31-55-52-22-10-13-25-58(52)65(62(55)38-47)41-44-18-6-2-7-19-44)36-51(35-49)48-29-32-56-53-23-11-14-26-59(53)66(63(56)39-48)42-45-20-8-3-9-21-45/h1-39H,40-42H2. The highest BCUT2D eigenvalue weighted by atomic mass is 15.0. The SMILES string of the molecule is c1ccc(Cn2c3ccccc3c3cc(-c4cc(-c5ccc6c7ccccc7n(Cc7ccccc7)c6c5)cc(-c5ccc6c7ccccc7n(Cc7ccccc7)c6c5)c4)ccc32)cc1. The summed E-state index contributed by atoms with van der Waals surface area (Å²) < 4.78 is 7.46. The maximum Gasteiger partial charge on any atom is 0.0500 e. The van der Waals surface area contributed by atoms with Crippen molar-refractivity contribution in [3.05, 3.63) is 253 Å². The summed E-state index contributed by atoms with van der Waals surface area (Å²) >= 11 is 0. The molecule has 0 aliphatic rings. The maximum absolute atomic E-state index is 2.49. The largest absolute Gasteiger partial charge is 0.336 e. The minimum absolute atomic E-state index is 0.800. The van der Waals surface area contributed by atoms with E-state index in [2.05, 4.69) is 250 Å². The van der Waals surface area contributed by atoms with Crippen LogP contribution in [0.2, 0.25) is 0 Å². The first-order valence-electron chi connectivity index (χ1n) is 23.0.